The number of rotatable bonds is 5. The first-order chi connectivity index (χ1) is 13.4. The molecule has 0 aliphatic rings. The average Bonchev–Trinajstić information content (AvgIpc) is 2.69. The predicted octanol–water partition coefficient (Wildman–Crippen LogP) is 4.16. The molecule has 1 N–H and O–H groups in total. The summed E-state index contributed by atoms with van der Waals surface area (Å²) in [7, 11) is 0. The Balaban J connectivity index is 2.14. The number of aliphatic imine (C=N–C) groups is 1. The first-order valence-electron chi connectivity index (χ1n) is 8.17. The fraction of sp³-hybridized carbons (Fsp3) is 0.100. The lowest BCUT2D eigenvalue weighted by Crippen LogP contribution is -2.17. The molecular weight excluding hydrogens is 371 g/mol. The minimum absolute atomic E-state index is 0.334. The van der Waals surface area contributed by atoms with E-state index in [1.54, 1.807) is 60.7 Å². The Hall–Kier alpha value is -3.55. The van der Waals surface area contributed by atoms with E-state index in [1.165, 1.54) is 0 Å². The van der Waals surface area contributed by atoms with Crippen LogP contribution in [0.2, 0.25) is 0 Å². The third kappa shape index (κ3) is 4.40. The minimum atomic E-state index is -4.72. The fourth-order valence-electron chi connectivity index (χ4n) is 2.56. The molecule has 1 heterocycles. The van der Waals surface area contributed by atoms with Gasteiger partial charge in [0.05, 0.1) is 11.4 Å². The van der Waals surface area contributed by atoms with Crippen LogP contribution in [0.5, 0.6) is 0 Å². The molecule has 5 nitrogen and oxygen atoms in total. The SMILES string of the molecule is O=C(O)C(N=C(c1ccccc1)c1ccccc1)c1cc(C(F)(F)F)ncn1. The van der Waals surface area contributed by atoms with Crippen molar-refractivity contribution in [1.82, 2.24) is 9.97 Å². The van der Waals surface area contributed by atoms with Crippen LogP contribution in [0.3, 0.4) is 0 Å². The second kappa shape index (κ2) is 7.99. The molecule has 1 aromatic heterocycles. The van der Waals surface area contributed by atoms with E-state index in [2.05, 4.69) is 15.0 Å². The summed E-state index contributed by atoms with van der Waals surface area (Å²) >= 11 is 0. The van der Waals surface area contributed by atoms with E-state index in [0.717, 1.165) is 0 Å². The van der Waals surface area contributed by atoms with Crippen molar-refractivity contribution in [2.45, 2.75) is 12.2 Å². The van der Waals surface area contributed by atoms with Crippen molar-refractivity contribution in [2.24, 2.45) is 4.99 Å². The highest BCUT2D eigenvalue weighted by atomic mass is 19.4. The zero-order chi connectivity index (χ0) is 20.1. The molecule has 2 aromatic carbocycles. The van der Waals surface area contributed by atoms with Crippen LogP contribution < -0.4 is 0 Å². The van der Waals surface area contributed by atoms with Crippen LogP contribution in [0.25, 0.3) is 0 Å². The molecule has 1 atom stereocenters. The number of nitrogens with zero attached hydrogens (tertiary/aromatic N) is 3. The number of carbonyl (C=O) groups is 1. The molecule has 0 radical (unpaired) electrons. The number of carboxylic acids is 1. The van der Waals surface area contributed by atoms with Crippen LogP contribution in [0.4, 0.5) is 13.2 Å². The summed E-state index contributed by atoms with van der Waals surface area (Å²) in [4.78, 5) is 23.0. The van der Waals surface area contributed by atoms with Crippen molar-refractivity contribution in [3.63, 3.8) is 0 Å². The van der Waals surface area contributed by atoms with Crippen LogP contribution >= 0.6 is 0 Å². The van der Waals surface area contributed by atoms with Gasteiger partial charge in [-0.25, -0.2) is 14.8 Å². The highest BCUT2D eigenvalue weighted by Gasteiger charge is 2.34. The van der Waals surface area contributed by atoms with Crippen molar-refractivity contribution in [2.75, 3.05) is 0 Å². The number of alkyl halides is 3. The molecular formula is C20H14F3N3O2. The highest BCUT2D eigenvalue weighted by Crippen LogP contribution is 2.29. The third-order valence-electron chi connectivity index (χ3n) is 3.85. The number of halogens is 3. The molecule has 0 bridgehead atoms. The van der Waals surface area contributed by atoms with Gasteiger partial charge in [-0.15, -0.1) is 0 Å². The molecule has 0 saturated carbocycles. The molecule has 3 aromatic rings. The smallest absolute Gasteiger partial charge is 0.433 e. The van der Waals surface area contributed by atoms with E-state index in [-0.39, 0.29) is 5.69 Å². The van der Waals surface area contributed by atoms with Crippen LogP contribution in [-0.4, -0.2) is 26.8 Å². The highest BCUT2D eigenvalue weighted by molar-refractivity contribution is 6.13. The van der Waals surface area contributed by atoms with Crippen molar-refractivity contribution in [3.8, 4) is 0 Å². The maximum atomic E-state index is 13.0. The molecule has 28 heavy (non-hydrogen) atoms. The molecule has 0 amide bonds. The summed E-state index contributed by atoms with van der Waals surface area (Å²) < 4.78 is 38.9. The van der Waals surface area contributed by atoms with E-state index in [9.17, 15) is 23.1 Å². The lowest BCUT2D eigenvalue weighted by molar-refractivity contribution is -0.142. The van der Waals surface area contributed by atoms with E-state index in [1.807, 2.05) is 0 Å². The summed E-state index contributed by atoms with van der Waals surface area (Å²) in [5.74, 6) is -1.42. The second-order valence-electron chi connectivity index (χ2n) is 5.78. The summed E-state index contributed by atoms with van der Waals surface area (Å²) in [5, 5.41) is 9.61. The monoisotopic (exact) mass is 385 g/mol. The van der Waals surface area contributed by atoms with Crippen molar-refractivity contribution in [3.05, 3.63) is 95.6 Å². The standard InChI is InChI=1S/C20H14F3N3O2/c21-20(22,23)16-11-15(24-12-25-16)18(19(27)28)26-17(13-7-3-1-4-8-13)14-9-5-2-6-10-14/h1-12,18H,(H,27,28). The summed E-state index contributed by atoms with van der Waals surface area (Å²) in [5.41, 5.74) is 0.0231. The van der Waals surface area contributed by atoms with Gasteiger partial charge >= 0.3 is 12.1 Å². The van der Waals surface area contributed by atoms with Gasteiger partial charge in [-0.05, 0) is 6.07 Å². The van der Waals surface area contributed by atoms with Crippen molar-refractivity contribution < 1.29 is 23.1 Å². The van der Waals surface area contributed by atoms with E-state index in [4.69, 9.17) is 0 Å². The van der Waals surface area contributed by atoms with E-state index < -0.39 is 23.9 Å². The molecule has 0 spiro atoms. The van der Waals surface area contributed by atoms with Crippen molar-refractivity contribution in [1.29, 1.82) is 0 Å². The Kier molecular flexibility index (Phi) is 5.49. The van der Waals surface area contributed by atoms with Gasteiger partial charge in [0.15, 0.2) is 6.04 Å². The number of aliphatic carboxylic acids is 1. The number of benzene rings is 2. The van der Waals surface area contributed by atoms with Gasteiger partial charge in [-0.3, -0.25) is 4.99 Å². The minimum Gasteiger partial charge on any atom is -0.479 e. The fourth-order valence-corrected chi connectivity index (χ4v) is 2.56. The molecule has 0 fully saturated rings. The van der Waals surface area contributed by atoms with Gasteiger partial charge in [0.25, 0.3) is 0 Å². The van der Waals surface area contributed by atoms with Crippen molar-refractivity contribution >= 4 is 11.7 Å². The van der Waals surface area contributed by atoms with E-state index >= 15 is 0 Å². The molecule has 0 aliphatic heterocycles. The largest absolute Gasteiger partial charge is 0.479 e. The van der Waals surface area contributed by atoms with Gasteiger partial charge < -0.3 is 5.11 Å². The number of aromatic nitrogens is 2. The zero-order valence-electron chi connectivity index (χ0n) is 14.3. The quantitative estimate of drug-likeness (QED) is 0.669. The van der Waals surface area contributed by atoms with Crippen LogP contribution in [-0.2, 0) is 11.0 Å². The number of hydrogen-bond acceptors (Lipinski definition) is 4. The van der Waals surface area contributed by atoms with Crippen LogP contribution in [0.15, 0.2) is 78.0 Å². The summed E-state index contributed by atoms with van der Waals surface area (Å²) in [6.07, 6.45) is -4.03. The first-order valence-corrected chi connectivity index (χ1v) is 8.17. The first kappa shape index (κ1) is 19.2. The number of carboxylic acid groups (broad SMARTS) is 1. The Labute approximate surface area is 158 Å². The van der Waals surface area contributed by atoms with Crippen LogP contribution in [0, 0.1) is 0 Å². The maximum Gasteiger partial charge on any atom is 0.433 e. The van der Waals surface area contributed by atoms with E-state index in [0.29, 0.717) is 29.2 Å². The Morgan fingerprint density at radius 2 is 1.46 bits per heavy atom. The molecule has 0 aliphatic carbocycles. The lowest BCUT2D eigenvalue weighted by atomic mass is 10.0. The topological polar surface area (TPSA) is 75.4 Å². The predicted molar refractivity (Wildman–Crippen MR) is 95.9 cm³/mol. The van der Waals surface area contributed by atoms with Gasteiger partial charge in [-0.1, -0.05) is 60.7 Å². The summed E-state index contributed by atoms with van der Waals surface area (Å²) in [6, 6.07) is 16.6. The summed E-state index contributed by atoms with van der Waals surface area (Å²) in [6.45, 7) is 0. The third-order valence-corrected chi connectivity index (χ3v) is 3.85. The second-order valence-corrected chi connectivity index (χ2v) is 5.78. The Bertz CT molecular complexity index is 949. The Morgan fingerprint density at radius 3 is 1.93 bits per heavy atom. The van der Waals surface area contributed by atoms with Gasteiger partial charge in [-0.2, -0.15) is 13.2 Å². The van der Waals surface area contributed by atoms with Gasteiger partial charge in [0, 0.05) is 11.1 Å². The average molecular weight is 385 g/mol. The molecule has 3 rings (SSSR count). The lowest BCUT2D eigenvalue weighted by Gasteiger charge is -2.13. The molecule has 8 heteroatoms. The number of hydrogen-bond donors (Lipinski definition) is 1. The zero-order valence-corrected chi connectivity index (χ0v) is 14.3. The van der Waals surface area contributed by atoms with Gasteiger partial charge in [0.1, 0.15) is 12.0 Å². The van der Waals surface area contributed by atoms with Gasteiger partial charge in [0.2, 0.25) is 0 Å². The molecule has 142 valence electrons. The van der Waals surface area contributed by atoms with Crippen LogP contribution in [0.1, 0.15) is 28.6 Å². The molecule has 1 unspecified atom stereocenters. The normalized spacial score (nSPS) is 12.2. The Morgan fingerprint density at radius 1 is 0.929 bits per heavy atom. The molecule has 0 saturated heterocycles. The maximum absolute atomic E-state index is 13.0.